The van der Waals surface area contributed by atoms with E-state index in [0.29, 0.717) is 12.3 Å². The maximum Gasteiger partial charge on any atom is 0.213 e. The Hall–Kier alpha value is -1.56. The molecule has 12 heavy (non-hydrogen) atoms. The number of ether oxygens (including phenoxy) is 1. The lowest BCUT2D eigenvalue weighted by Crippen LogP contribution is -1.92. The summed E-state index contributed by atoms with van der Waals surface area (Å²) in [5.41, 5.74) is 1.82. The van der Waals surface area contributed by atoms with Crippen molar-refractivity contribution in [1.82, 2.24) is 4.98 Å². The van der Waals surface area contributed by atoms with Gasteiger partial charge in [-0.2, -0.15) is 5.26 Å². The number of hydrogen-bond donors (Lipinski definition) is 0. The minimum absolute atomic E-state index is 0.402. The van der Waals surface area contributed by atoms with E-state index in [1.54, 1.807) is 13.2 Å². The lowest BCUT2D eigenvalue weighted by molar-refractivity contribution is 0.396. The lowest BCUT2D eigenvalue weighted by Gasteiger charge is -2.01. The Kier molecular flexibility index (Phi) is 2.65. The highest BCUT2D eigenvalue weighted by molar-refractivity contribution is 5.26. The molecule has 0 fully saturated rings. The molecule has 0 spiro atoms. The maximum absolute atomic E-state index is 8.46. The van der Waals surface area contributed by atoms with Crippen LogP contribution in [0.1, 0.15) is 11.3 Å². The van der Waals surface area contributed by atoms with Crippen LogP contribution in [0.4, 0.5) is 0 Å². The zero-order valence-electron chi connectivity index (χ0n) is 7.16. The molecule has 0 aromatic carbocycles. The zero-order chi connectivity index (χ0) is 8.97. The summed E-state index contributed by atoms with van der Waals surface area (Å²) >= 11 is 0. The molecule has 0 amide bonds. The Morgan fingerprint density at radius 2 is 2.33 bits per heavy atom. The Labute approximate surface area is 71.6 Å². The first kappa shape index (κ1) is 8.54. The standard InChI is InChI=1S/C9H10N2O/c1-7-5-8(3-4-10)6-9(11-7)12-2/h5-6H,3H2,1-2H3. The first-order valence-electron chi connectivity index (χ1n) is 3.65. The van der Waals surface area contributed by atoms with Crippen molar-refractivity contribution in [2.24, 2.45) is 0 Å². The van der Waals surface area contributed by atoms with Gasteiger partial charge in [0.2, 0.25) is 5.88 Å². The number of aromatic nitrogens is 1. The highest BCUT2D eigenvalue weighted by atomic mass is 16.5. The molecule has 3 heteroatoms. The number of nitrogens with zero attached hydrogens (tertiary/aromatic N) is 2. The van der Waals surface area contributed by atoms with Gasteiger partial charge in [0, 0.05) is 11.8 Å². The Balaban J connectivity index is 2.99. The van der Waals surface area contributed by atoms with Gasteiger partial charge in [-0.15, -0.1) is 0 Å². The van der Waals surface area contributed by atoms with Crippen LogP contribution in [0, 0.1) is 18.3 Å². The molecule has 0 radical (unpaired) electrons. The van der Waals surface area contributed by atoms with Crippen molar-refractivity contribution >= 4 is 0 Å². The zero-order valence-corrected chi connectivity index (χ0v) is 7.16. The summed E-state index contributed by atoms with van der Waals surface area (Å²) < 4.78 is 4.96. The predicted molar refractivity (Wildman–Crippen MR) is 44.8 cm³/mol. The van der Waals surface area contributed by atoms with E-state index in [-0.39, 0.29) is 0 Å². The van der Waals surface area contributed by atoms with Crippen LogP contribution in [-0.4, -0.2) is 12.1 Å². The molecule has 1 aromatic rings. The fraction of sp³-hybridized carbons (Fsp3) is 0.333. The van der Waals surface area contributed by atoms with Crippen molar-refractivity contribution in [1.29, 1.82) is 5.26 Å². The van der Waals surface area contributed by atoms with Crippen molar-refractivity contribution in [3.63, 3.8) is 0 Å². The highest BCUT2D eigenvalue weighted by Gasteiger charge is 1.98. The second-order valence-corrected chi connectivity index (χ2v) is 2.49. The lowest BCUT2D eigenvalue weighted by atomic mass is 10.2. The van der Waals surface area contributed by atoms with Gasteiger partial charge in [0.1, 0.15) is 0 Å². The Morgan fingerprint density at radius 1 is 1.58 bits per heavy atom. The monoisotopic (exact) mass is 162 g/mol. The molecular weight excluding hydrogens is 152 g/mol. The average molecular weight is 162 g/mol. The maximum atomic E-state index is 8.46. The summed E-state index contributed by atoms with van der Waals surface area (Å²) in [6, 6.07) is 5.73. The van der Waals surface area contributed by atoms with Gasteiger partial charge in [0.05, 0.1) is 19.6 Å². The van der Waals surface area contributed by atoms with E-state index in [4.69, 9.17) is 10.00 Å². The van der Waals surface area contributed by atoms with E-state index in [0.717, 1.165) is 11.3 Å². The summed E-state index contributed by atoms with van der Waals surface area (Å²) in [5.74, 6) is 0.570. The van der Waals surface area contributed by atoms with Crippen LogP contribution < -0.4 is 4.74 Å². The van der Waals surface area contributed by atoms with Crippen LogP contribution in [0.2, 0.25) is 0 Å². The van der Waals surface area contributed by atoms with Crippen LogP contribution in [0.5, 0.6) is 5.88 Å². The molecule has 0 bridgehead atoms. The van der Waals surface area contributed by atoms with E-state index < -0.39 is 0 Å². The Bertz CT molecular complexity index is 315. The first-order valence-corrected chi connectivity index (χ1v) is 3.65. The van der Waals surface area contributed by atoms with Gasteiger partial charge in [-0.3, -0.25) is 0 Å². The molecule has 1 rings (SSSR count). The van der Waals surface area contributed by atoms with Crippen molar-refractivity contribution in [2.45, 2.75) is 13.3 Å². The normalized spacial score (nSPS) is 9.08. The van der Waals surface area contributed by atoms with Crippen molar-refractivity contribution < 1.29 is 4.74 Å². The molecule has 0 saturated carbocycles. The molecule has 3 nitrogen and oxygen atoms in total. The van der Waals surface area contributed by atoms with Crippen LogP contribution in [-0.2, 0) is 6.42 Å². The van der Waals surface area contributed by atoms with Gasteiger partial charge < -0.3 is 4.74 Å². The quantitative estimate of drug-likeness (QED) is 0.661. The number of nitriles is 1. The summed E-state index contributed by atoms with van der Waals surface area (Å²) in [4.78, 5) is 4.10. The molecule has 0 unspecified atom stereocenters. The van der Waals surface area contributed by atoms with Crippen molar-refractivity contribution in [3.8, 4) is 11.9 Å². The molecule has 0 saturated heterocycles. The smallest absolute Gasteiger partial charge is 0.213 e. The fourth-order valence-corrected chi connectivity index (χ4v) is 1.00. The van der Waals surface area contributed by atoms with E-state index in [1.165, 1.54) is 0 Å². The van der Waals surface area contributed by atoms with E-state index >= 15 is 0 Å². The van der Waals surface area contributed by atoms with Crippen LogP contribution in [0.25, 0.3) is 0 Å². The van der Waals surface area contributed by atoms with Crippen LogP contribution >= 0.6 is 0 Å². The summed E-state index contributed by atoms with van der Waals surface area (Å²) in [6.07, 6.45) is 0.402. The third-order valence-corrected chi connectivity index (χ3v) is 1.48. The molecule has 0 aliphatic rings. The molecule has 62 valence electrons. The van der Waals surface area contributed by atoms with Gasteiger partial charge in [-0.05, 0) is 18.6 Å². The van der Waals surface area contributed by atoms with Crippen LogP contribution in [0.15, 0.2) is 12.1 Å². The third kappa shape index (κ3) is 1.96. The minimum atomic E-state index is 0.402. The average Bonchev–Trinajstić information content (AvgIpc) is 2.04. The summed E-state index contributed by atoms with van der Waals surface area (Å²) in [6.45, 7) is 1.88. The second kappa shape index (κ2) is 3.72. The van der Waals surface area contributed by atoms with Crippen molar-refractivity contribution in [2.75, 3.05) is 7.11 Å². The SMILES string of the molecule is COc1cc(CC#N)cc(C)n1. The fourth-order valence-electron chi connectivity index (χ4n) is 1.00. The number of methoxy groups -OCH3 is 1. The van der Waals surface area contributed by atoms with E-state index in [2.05, 4.69) is 11.1 Å². The largest absolute Gasteiger partial charge is 0.481 e. The minimum Gasteiger partial charge on any atom is -0.481 e. The predicted octanol–water partition coefficient (Wildman–Crippen LogP) is 1.46. The molecule has 1 heterocycles. The number of rotatable bonds is 2. The van der Waals surface area contributed by atoms with Gasteiger partial charge in [0.25, 0.3) is 0 Å². The van der Waals surface area contributed by atoms with E-state index in [9.17, 15) is 0 Å². The molecule has 0 aliphatic heterocycles. The van der Waals surface area contributed by atoms with Crippen molar-refractivity contribution in [3.05, 3.63) is 23.4 Å². The topological polar surface area (TPSA) is 45.9 Å². The molecular formula is C9H10N2O. The molecule has 0 aliphatic carbocycles. The first-order chi connectivity index (χ1) is 5.76. The molecule has 0 atom stereocenters. The second-order valence-electron chi connectivity index (χ2n) is 2.49. The summed E-state index contributed by atoms with van der Waals surface area (Å²) in [5, 5.41) is 8.46. The molecule has 1 aromatic heterocycles. The highest BCUT2D eigenvalue weighted by Crippen LogP contribution is 2.11. The summed E-state index contributed by atoms with van der Waals surface area (Å²) in [7, 11) is 1.57. The van der Waals surface area contributed by atoms with Gasteiger partial charge in [0.15, 0.2) is 0 Å². The van der Waals surface area contributed by atoms with Gasteiger partial charge >= 0.3 is 0 Å². The number of pyridine rings is 1. The Morgan fingerprint density at radius 3 is 2.92 bits per heavy atom. The van der Waals surface area contributed by atoms with E-state index in [1.807, 2.05) is 13.0 Å². The third-order valence-electron chi connectivity index (χ3n) is 1.48. The van der Waals surface area contributed by atoms with Gasteiger partial charge in [-0.25, -0.2) is 4.98 Å². The van der Waals surface area contributed by atoms with Gasteiger partial charge in [-0.1, -0.05) is 0 Å². The number of hydrogen-bond acceptors (Lipinski definition) is 3. The molecule has 0 N–H and O–H groups in total. The van der Waals surface area contributed by atoms with Crippen LogP contribution in [0.3, 0.4) is 0 Å². The number of aryl methyl sites for hydroxylation is 1.